The van der Waals surface area contributed by atoms with Crippen molar-refractivity contribution in [1.29, 1.82) is 0 Å². The van der Waals surface area contributed by atoms with Gasteiger partial charge in [0.15, 0.2) is 0 Å². The van der Waals surface area contributed by atoms with Crippen LogP contribution in [0, 0.1) is 11.8 Å². The third-order valence-electron chi connectivity index (χ3n) is 3.73. The van der Waals surface area contributed by atoms with Crippen LogP contribution in [0.5, 0.6) is 0 Å². The molecule has 0 aliphatic carbocycles. The first-order valence-electron chi connectivity index (χ1n) is 8.27. The number of hydrogen-bond acceptors (Lipinski definition) is 4. The summed E-state index contributed by atoms with van der Waals surface area (Å²) in [7, 11) is 2.08. The van der Waals surface area contributed by atoms with Crippen molar-refractivity contribution in [2.75, 3.05) is 33.3 Å². The summed E-state index contributed by atoms with van der Waals surface area (Å²) in [5.41, 5.74) is 0.229. The highest BCUT2D eigenvalue weighted by Crippen LogP contribution is 2.08. The van der Waals surface area contributed by atoms with Gasteiger partial charge in [0.05, 0.1) is 12.7 Å². The summed E-state index contributed by atoms with van der Waals surface area (Å²) in [5, 5.41) is 12.6. The Hall–Kier alpha value is -1.87. The summed E-state index contributed by atoms with van der Waals surface area (Å²) in [4.78, 5) is 14.5. The number of hydrogen-bond donors (Lipinski definition) is 2. The maximum Gasteiger partial charge on any atom is 0.251 e. The highest BCUT2D eigenvalue weighted by atomic mass is 16.5. The molecule has 1 atom stereocenters. The van der Waals surface area contributed by atoms with E-state index in [0.29, 0.717) is 17.7 Å². The molecule has 0 bridgehead atoms. The van der Waals surface area contributed by atoms with E-state index < -0.39 is 5.60 Å². The molecule has 1 aliphatic heterocycles. The fourth-order valence-corrected chi connectivity index (χ4v) is 2.45. The van der Waals surface area contributed by atoms with E-state index in [1.807, 2.05) is 6.07 Å². The molecule has 0 unspecified atom stereocenters. The minimum Gasteiger partial charge on any atom is -0.378 e. The quantitative estimate of drug-likeness (QED) is 0.816. The summed E-state index contributed by atoms with van der Waals surface area (Å²) >= 11 is 0. The smallest absolute Gasteiger partial charge is 0.251 e. The van der Waals surface area contributed by atoms with Crippen LogP contribution in [0.2, 0.25) is 0 Å². The summed E-state index contributed by atoms with van der Waals surface area (Å²) < 4.78 is 5.68. The van der Waals surface area contributed by atoms with Crippen molar-refractivity contribution in [2.24, 2.45) is 0 Å². The zero-order valence-electron chi connectivity index (χ0n) is 14.6. The highest BCUT2D eigenvalue weighted by molar-refractivity contribution is 5.94. The van der Waals surface area contributed by atoms with Crippen molar-refractivity contribution in [1.82, 2.24) is 10.2 Å². The zero-order chi connectivity index (χ0) is 17.6. The highest BCUT2D eigenvalue weighted by Gasteiger charge is 2.17. The summed E-state index contributed by atoms with van der Waals surface area (Å²) in [6.45, 7) is 6.44. The van der Waals surface area contributed by atoms with Crippen LogP contribution in [0.4, 0.5) is 0 Å². The first kappa shape index (κ1) is 18.5. The Morgan fingerprint density at radius 3 is 3.00 bits per heavy atom. The van der Waals surface area contributed by atoms with Gasteiger partial charge in [0, 0.05) is 30.8 Å². The maximum absolute atomic E-state index is 12.2. The van der Waals surface area contributed by atoms with Crippen molar-refractivity contribution < 1.29 is 14.6 Å². The molecule has 1 heterocycles. The Morgan fingerprint density at radius 2 is 2.29 bits per heavy atom. The van der Waals surface area contributed by atoms with Crippen LogP contribution in [0.25, 0.3) is 0 Å². The second kappa shape index (κ2) is 8.29. The van der Waals surface area contributed by atoms with Crippen molar-refractivity contribution in [2.45, 2.75) is 32.0 Å². The molecule has 1 aliphatic rings. The topological polar surface area (TPSA) is 61.8 Å². The van der Waals surface area contributed by atoms with Gasteiger partial charge in [0.1, 0.15) is 5.60 Å². The molecule has 0 aromatic heterocycles. The molecule has 0 spiro atoms. The maximum atomic E-state index is 12.2. The third-order valence-corrected chi connectivity index (χ3v) is 3.73. The van der Waals surface area contributed by atoms with E-state index >= 15 is 0 Å². The Labute approximate surface area is 144 Å². The Balaban J connectivity index is 1.87. The zero-order valence-corrected chi connectivity index (χ0v) is 14.6. The average molecular weight is 330 g/mol. The Bertz CT molecular complexity index is 625. The molecule has 1 aromatic carbocycles. The van der Waals surface area contributed by atoms with E-state index in [9.17, 15) is 9.90 Å². The molecular weight excluding hydrogens is 304 g/mol. The summed E-state index contributed by atoms with van der Waals surface area (Å²) in [6.07, 6.45) is 0.974. The number of morpholine rings is 1. The average Bonchev–Trinajstić information content (AvgIpc) is 2.52. The number of likely N-dealkylation sites (N-methyl/N-ethyl adjacent to an activating group) is 1. The van der Waals surface area contributed by atoms with Crippen molar-refractivity contribution in [3.63, 3.8) is 0 Å². The fourth-order valence-electron chi connectivity index (χ4n) is 2.45. The molecule has 1 amide bonds. The van der Waals surface area contributed by atoms with Crippen LogP contribution in [0.3, 0.4) is 0 Å². The standard InChI is InChI=1S/C19H26N2O3/c1-19(2,23)9-7-15-5-4-6-16(13-15)18(22)20-10-8-17-14-21(3)11-12-24-17/h4-6,13,17,23H,8,10-12,14H2,1-3H3,(H,20,22)/t17-/m0/s1. The fraction of sp³-hybridized carbons (Fsp3) is 0.526. The minimum atomic E-state index is -1.05. The first-order chi connectivity index (χ1) is 11.3. The number of nitrogens with zero attached hydrogens (tertiary/aromatic N) is 1. The molecule has 130 valence electrons. The molecule has 24 heavy (non-hydrogen) atoms. The molecule has 0 saturated carbocycles. The van der Waals surface area contributed by atoms with Gasteiger partial charge in [-0.15, -0.1) is 0 Å². The Morgan fingerprint density at radius 1 is 1.50 bits per heavy atom. The molecular formula is C19H26N2O3. The van der Waals surface area contributed by atoms with E-state index in [1.165, 1.54) is 0 Å². The molecule has 1 aromatic rings. The normalized spacial score (nSPS) is 18.6. The van der Waals surface area contributed by atoms with Crippen LogP contribution in [-0.2, 0) is 4.74 Å². The number of carbonyl (C=O) groups excluding carboxylic acids is 1. The second-order valence-corrected chi connectivity index (χ2v) is 6.69. The molecule has 5 heteroatoms. The number of aliphatic hydroxyl groups is 1. The van der Waals surface area contributed by atoms with E-state index in [0.717, 1.165) is 26.1 Å². The largest absolute Gasteiger partial charge is 0.378 e. The molecule has 1 saturated heterocycles. The summed E-state index contributed by atoms with van der Waals surface area (Å²) in [5.74, 6) is 5.51. The molecule has 5 nitrogen and oxygen atoms in total. The summed E-state index contributed by atoms with van der Waals surface area (Å²) in [6, 6.07) is 7.11. The van der Waals surface area contributed by atoms with Crippen molar-refractivity contribution in [3.8, 4) is 11.8 Å². The van der Waals surface area contributed by atoms with Gasteiger partial charge < -0.3 is 20.1 Å². The van der Waals surface area contributed by atoms with E-state index in [2.05, 4.69) is 29.1 Å². The predicted molar refractivity (Wildman–Crippen MR) is 93.8 cm³/mol. The lowest BCUT2D eigenvalue weighted by Gasteiger charge is -2.30. The Kier molecular flexibility index (Phi) is 6.38. The van der Waals surface area contributed by atoms with Gasteiger partial charge in [0.2, 0.25) is 0 Å². The van der Waals surface area contributed by atoms with Gasteiger partial charge in [-0.05, 0) is 45.5 Å². The number of carbonyl (C=O) groups is 1. The minimum absolute atomic E-state index is 0.119. The van der Waals surface area contributed by atoms with Gasteiger partial charge in [-0.1, -0.05) is 17.9 Å². The predicted octanol–water partition coefficient (Wildman–Crippen LogP) is 1.26. The first-order valence-corrected chi connectivity index (χ1v) is 8.27. The number of ether oxygens (including phenoxy) is 1. The molecule has 2 N–H and O–H groups in total. The van der Waals surface area contributed by atoms with Crippen LogP contribution in [0.1, 0.15) is 36.2 Å². The van der Waals surface area contributed by atoms with Crippen LogP contribution < -0.4 is 5.32 Å². The van der Waals surface area contributed by atoms with E-state index in [1.54, 1.807) is 32.0 Å². The lowest BCUT2D eigenvalue weighted by Crippen LogP contribution is -2.41. The SMILES string of the molecule is CN1CCO[C@@H](CCNC(=O)c2cccc(C#CC(C)(C)O)c2)C1. The lowest BCUT2D eigenvalue weighted by atomic mass is 10.1. The van der Waals surface area contributed by atoms with Gasteiger partial charge in [0.25, 0.3) is 5.91 Å². The van der Waals surface area contributed by atoms with Crippen molar-refractivity contribution in [3.05, 3.63) is 35.4 Å². The van der Waals surface area contributed by atoms with Gasteiger partial charge in [-0.2, -0.15) is 0 Å². The molecule has 0 radical (unpaired) electrons. The number of amides is 1. The van der Waals surface area contributed by atoms with Gasteiger partial charge in [-0.3, -0.25) is 4.79 Å². The lowest BCUT2D eigenvalue weighted by molar-refractivity contribution is -0.0226. The van der Waals surface area contributed by atoms with Crippen LogP contribution in [0.15, 0.2) is 24.3 Å². The van der Waals surface area contributed by atoms with Gasteiger partial charge >= 0.3 is 0 Å². The third kappa shape index (κ3) is 6.32. The molecule has 2 rings (SSSR count). The number of rotatable bonds is 4. The van der Waals surface area contributed by atoms with E-state index in [-0.39, 0.29) is 12.0 Å². The number of benzene rings is 1. The second-order valence-electron chi connectivity index (χ2n) is 6.69. The van der Waals surface area contributed by atoms with Crippen molar-refractivity contribution >= 4 is 5.91 Å². The van der Waals surface area contributed by atoms with E-state index in [4.69, 9.17) is 4.74 Å². The molecule has 1 fully saturated rings. The number of nitrogens with one attached hydrogen (secondary N) is 1. The van der Waals surface area contributed by atoms with Crippen LogP contribution in [-0.4, -0.2) is 60.9 Å². The monoisotopic (exact) mass is 330 g/mol. The van der Waals surface area contributed by atoms with Gasteiger partial charge in [-0.25, -0.2) is 0 Å². The van der Waals surface area contributed by atoms with Crippen LogP contribution >= 0.6 is 0 Å².